The largest absolute Gasteiger partial charge is 0.291 e. The highest BCUT2D eigenvalue weighted by molar-refractivity contribution is 5.84. The van der Waals surface area contributed by atoms with E-state index >= 15 is 0 Å². The molecule has 70 valence electrons. The summed E-state index contributed by atoms with van der Waals surface area (Å²) < 4.78 is 0. The van der Waals surface area contributed by atoms with Gasteiger partial charge in [-0.15, -0.1) is 0 Å². The molecule has 0 aromatic heterocycles. The number of hydrogen-bond donors (Lipinski definition) is 0. The Balaban J connectivity index is 2.43. The van der Waals surface area contributed by atoms with Gasteiger partial charge in [-0.25, -0.2) is 0 Å². The Morgan fingerprint density at radius 2 is 2.00 bits per heavy atom. The van der Waals surface area contributed by atoms with Crippen molar-refractivity contribution in [2.75, 3.05) is 0 Å². The zero-order valence-electron chi connectivity index (χ0n) is 8.64. The van der Waals surface area contributed by atoms with Crippen molar-refractivity contribution in [1.82, 2.24) is 0 Å². The molecule has 0 radical (unpaired) electrons. The van der Waals surface area contributed by atoms with E-state index in [9.17, 15) is 0 Å². The van der Waals surface area contributed by atoms with Crippen LogP contribution in [0.2, 0.25) is 0 Å². The average molecular weight is 167 g/mol. The minimum Gasteiger partial charge on any atom is -0.291 e. The first-order chi connectivity index (χ1) is 5.74. The van der Waals surface area contributed by atoms with Crippen LogP contribution in [0, 0.1) is 5.92 Å². The van der Waals surface area contributed by atoms with Crippen molar-refractivity contribution in [1.29, 1.82) is 0 Å². The van der Waals surface area contributed by atoms with Crippen molar-refractivity contribution in [3.8, 4) is 0 Å². The van der Waals surface area contributed by atoms with E-state index in [1.54, 1.807) is 0 Å². The standard InChI is InChI=1S/C11H21N/c1-4-9(2)12-10(3)11-7-5-6-8-11/h9,11H,4-8H2,1-3H3. The fraction of sp³-hybridized carbons (Fsp3) is 0.909. The van der Waals surface area contributed by atoms with Crippen molar-refractivity contribution in [3.05, 3.63) is 0 Å². The smallest absolute Gasteiger partial charge is 0.0468 e. The summed E-state index contributed by atoms with van der Waals surface area (Å²) in [5.74, 6) is 0.819. The predicted octanol–water partition coefficient (Wildman–Crippen LogP) is 3.44. The maximum Gasteiger partial charge on any atom is 0.0468 e. The monoisotopic (exact) mass is 167 g/mol. The van der Waals surface area contributed by atoms with E-state index in [2.05, 4.69) is 20.8 Å². The number of hydrogen-bond acceptors (Lipinski definition) is 1. The molecule has 1 aliphatic carbocycles. The molecule has 1 atom stereocenters. The van der Waals surface area contributed by atoms with Gasteiger partial charge in [0.25, 0.3) is 0 Å². The van der Waals surface area contributed by atoms with Gasteiger partial charge in [0.05, 0.1) is 0 Å². The maximum atomic E-state index is 4.69. The van der Waals surface area contributed by atoms with Gasteiger partial charge in [-0.3, -0.25) is 4.99 Å². The van der Waals surface area contributed by atoms with E-state index in [1.807, 2.05) is 0 Å². The van der Waals surface area contributed by atoms with Crippen LogP contribution in [0.4, 0.5) is 0 Å². The second-order valence-corrected chi connectivity index (χ2v) is 4.01. The quantitative estimate of drug-likeness (QED) is 0.571. The molecule has 1 nitrogen and oxygen atoms in total. The first kappa shape index (κ1) is 9.76. The molecule has 1 aliphatic rings. The SMILES string of the molecule is CCC(C)N=C(C)C1CCCC1. The molecule has 0 N–H and O–H groups in total. The molecule has 0 amide bonds. The minimum absolute atomic E-state index is 0.533. The molecule has 0 aliphatic heterocycles. The van der Waals surface area contributed by atoms with Crippen molar-refractivity contribution < 1.29 is 0 Å². The van der Waals surface area contributed by atoms with Crippen LogP contribution in [0.25, 0.3) is 0 Å². The third-order valence-electron chi connectivity index (χ3n) is 2.96. The van der Waals surface area contributed by atoms with Crippen molar-refractivity contribution in [2.24, 2.45) is 10.9 Å². The lowest BCUT2D eigenvalue weighted by Gasteiger charge is -2.11. The van der Waals surface area contributed by atoms with E-state index < -0.39 is 0 Å². The molecule has 1 unspecified atom stereocenters. The van der Waals surface area contributed by atoms with Gasteiger partial charge < -0.3 is 0 Å². The number of aliphatic imine (C=N–C) groups is 1. The fourth-order valence-electron chi connectivity index (χ4n) is 1.89. The normalized spacial score (nSPS) is 23.1. The molecule has 0 saturated heterocycles. The Morgan fingerprint density at radius 1 is 1.42 bits per heavy atom. The molecule has 1 fully saturated rings. The highest BCUT2D eigenvalue weighted by Gasteiger charge is 2.17. The van der Waals surface area contributed by atoms with Gasteiger partial charge in [0.15, 0.2) is 0 Å². The van der Waals surface area contributed by atoms with Crippen LogP contribution < -0.4 is 0 Å². The van der Waals surface area contributed by atoms with Gasteiger partial charge in [0.2, 0.25) is 0 Å². The van der Waals surface area contributed by atoms with Crippen LogP contribution in [-0.2, 0) is 0 Å². The zero-order chi connectivity index (χ0) is 8.97. The van der Waals surface area contributed by atoms with Gasteiger partial charge in [0.1, 0.15) is 0 Å². The lowest BCUT2D eigenvalue weighted by molar-refractivity contribution is 0.675. The molecule has 12 heavy (non-hydrogen) atoms. The van der Waals surface area contributed by atoms with Crippen molar-refractivity contribution in [3.63, 3.8) is 0 Å². The van der Waals surface area contributed by atoms with Crippen LogP contribution in [0.3, 0.4) is 0 Å². The topological polar surface area (TPSA) is 12.4 Å². The maximum absolute atomic E-state index is 4.69. The van der Waals surface area contributed by atoms with Gasteiger partial charge in [0, 0.05) is 11.8 Å². The first-order valence-electron chi connectivity index (χ1n) is 5.28. The van der Waals surface area contributed by atoms with Crippen molar-refractivity contribution in [2.45, 2.75) is 58.9 Å². The highest BCUT2D eigenvalue weighted by Crippen LogP contribution is 2.26. The van der Waals surface area contributed by atoms with Crippen LogP contribution in [0.1, 0.15) is 52.9 Å². The molecule has 0 aromatic carbocycles. The summed E-state index contributed by atoms with van der Waals surface area (Å²) in [6.07, 6.45) is 6.76. The average Bonchev–Trinajstić information content (AvgIpc) is 2.56. The highest BCUT2D eigenvalue weighted by atomic mass is 14.8. The first-order valence-corrected chi connectivity index (χ1v) is 5.28. The molecule has 0 spiro atoms. The summed E-state index contributed by atoms with van der Waals surface area (Å²) in [6.45, 7) is 6.62. The Hall–Kier alpha value is -0.330. The summed E-state index contributed by atoms with van der Waals surface area (Å²) in [6, 6.07) is 0.533. The van der Waals surface area contributed by atoms with Gasteiger partial charge in [-0.2, -0.15) is 0 Å². The molecule has 0 heterocycles. The fourth-order valence-corrected chi connectivity index (χ4v) is 1.89. The molecular formula is C11H21N. The van der Waals surface area contributed by atoms with E-state index in [0.717, 1.165) is 5.92 Å². The van der Waals surface area contributed by atoms with E-state index in [1.165, 1.54) is 37.8 Å². The molecule has 1 saturated carbocycles. The van der Waals surface area contributed by atoms with Gasteiger partial charge in [-0.05, 0) is 39.0 Å². The third-order valence-corrected chi connectivity index (χ3v) is 2.96. The zero-order valence-corrected chi connectivity index (χ0v) is 8.64. The van der Waals surface area contributed by atoms with Crippen LogP contribution in [0.15, 0.2) is 4.99 Å². The second kappa shape index (κ2) is 4.64. The Labute approximate surface area is 76.3 Å². The van der Waals surface area contributed by atoms with E-state index in [-0.39, 0.29) is 0 Å². The summed E-state index contributed by atoms with van der Waals surface area (Å²) >= 11 is 0. The molecule has 0 bridgehead atoms. The van der Waals surface area contributed by atoms with E-state index in [4.69, 9.17) is 4.99 Å². The van der Waals surface area contributed by atoms with Crippen LogP contribution >= 0.6 is 0 Å². The Bertz CT molecular complexity index is 154. The predicted molar refractivity (Wildman–Crippen MR) is 54.8 cm³/mol. The van der Waals surface area contributed by atoms with Crippen molar-refractivity contribution >= 4 is 5.71 Å². The van der Waals surface area contributed by atoms with E-state index in [0.29, 0.717) is 6.04 Å². The Morgan fingerprint density at radius 3 is 2.50 bits per heavy atom. The second-order valence-electron chi connectivity index (χ2n) is 4.01. The summed E-state index contributed by atoms with van der Waals surface area (Å²) in [5, 5.41) is 0. The molecular weight excluding hydrogens is 146 g/mol. The number of nitrogens with zero attached hydrogens (tertiary/aromatic N) is 1. The molecule has 1 heteroatoms. The third kappa shape index (κ3) is 2.62. The Kier molecular flexibility index (Phi) is 3.77. The summed E-state index contributed by atoms with van der Waals surface area (Å²) in [4.78, 5) is 4.69. The molecule has 1 rings (SSSR count). The summed E-state index contributed by atoms with van der Waals surface area (Å²) in [5.41, 5.74) is 1.40. The van der Waals surface area contributed by atoms with Crippen LogP contribution in [-0.4, -0.2) is 11.8 Å². The summed E-state index contributed by atoms with van der Waals surface area (Å²) in [7, 11) is 0. The van der Waals surface area contributed by atoms with Crippen LogP contribution in [0.5, 0.6) is 0 Å². The lowest BCUT2D eigenvalue weighted by Crippen LogP contribution is -2.10. The number of rotatable bonds is 3. The van der Waals surface area contributed by atoms with Gasteiger partial charge >= 0.3 is 0 Å². The lowest BCUT2D eigenvalue weighted by atomic mass is 10.0. The molecule has 0 aromatic rings. The minimum atomic E-state index is 0.533. The van der Waals surface area contributed by atoms with Gasteiger partial charge in [-0.1, -0.05) is 19.8 Å².